The van der Waals surface area contributed by atoms with Crippen molar-refractivity contribution in [3.63, 3.8) is 0 Å². The summed E-state index contributed by atoms with van der Waals surface area (Å²) >= 11 is 2.09. The van der Waals surface area contributed by atoms with Crippen molar-refractivity contribution in [2.24, 2.45) is 5.73 Å². The smallest absolute Gasteiger partial charge is 0.271 e. The third kappa shape index (κ3) is 6.78. The van der Waals surface area contributed by atoms with Gasteiger partial charge in [-0.15, -0.1) is 0 Å². The van der Waals surface area contributed by atoms with Gasteiger partial charge in [0.15, 0.2) is 11.5 Å². The number of thioether (sulfide) groups is 1. The summed E-state index contributed by atoms with van der Waals surface area (Å²) in [6.07, 6.45) is 6.35. The highest BCUT2D eigenvalue weighted by Gasteiger charge is 2.26. The van der Waals surface area contributed by atoms with Crippen LogP contribution in [0.4, 0.5) is 23.0 Å². The first kappa shape index (κ1) is 28.0. The molecule has 212 valence electrons. The van der Waals surface area contributed by atoms with E-state index in [1.807, 2.05) is 13.0 Å². The van der Waals surface area contributed by atoms with E-state index in [2.05, 4.69) is 56.2 Å². The second kappa shape index (κ2) is 12.7. The second-order valence-corrected chi connectivity index (χ2v) is 12.3. The molecule has 1 aromatic heterocycles. The van der Waals surface area contributed by atoms with Gasteiger partial charge in [0.1, 0.15) is 5.82 Å². The molecule has 2 aromatic rings. The van der Waals surface area contributed by atoms with E-state index in [1.54, 1.807) is 0 Å². The van der Waals surface area contributed by atoms with Crippen LogP contribution in [0.1, 0.15) is 67.2 Å². The van der Waals surface area contributed by atoms with Gasteiger partial charge in [0.25, 0.3) is 5.91 Å². The molecule has 1 aromatic carbocycles. The molecule has 0 spiro atoms. The zero-order valence-corrected chi connectivity index (χ0v) is 24.1. The van der Waals surface area contributed by atoms with Crippen molar-refractivity contribution in [3.05, 3.63) is 35.2 Å². The van der Waals surface area contributed by atoms with Gasteiger partial charge >= 0.3 is 0 Å². The molecule has 2 aliphatic heterocycles. The number of primary amides is 1. The Morgan fingerprint density at radius 3 is 2.41 bits per heavy atom. The number of anilines is 4. The van der Waals surface area contributed by atoms with Crippen LogP contribution >= 0.6 is 11.8 Å². The lowest BCUT2D eigenvalue weighted by molar-refractivity contribution is 0.0996. The SMILES string of the molecule is CCc1nc(C(N)=O)c(Nc2ccc(N3CCN(C4CCSCC4)CC3)c(C)c2)nc1N[C@H]1CC[C@H](O)CC1. The molecule has 3 heterocycles. The molecular formula is C29H43N7O2S. The summed E-state index contributed by atoms with van der Waals surface area (Å²) in [6.45, 7) is 8.45. The molecule has 2 saturated heterocycles. The first-order valence-corrected chi connectivity index (χ1v) is 15.7. The molecule has 1 saturated carbocycles. The summed E-state index contributed by atoms with van der Waals surface area (Å²) in [6, 6.07) is 7.29. The summed E-state index contributed by atoms with van der Waals surface area (Å²) in [5.41, 5.74) is 9.87. The summed E-state index contributed by atoms with van der Waals surface area (Å²) < 4.78 is 0. The fraction of sp³-hybridized carbons (Fsp3) is 0.621. The normalized spacial score (nSPS) is 23.0. The summed E-state index contributed by atoms with van der Waals surface area (Å²) in [7, 11) is 0. The predicted molar refractivity (Wildman–Crippen MR) is 160 cm³/mol. The van der Waals surface area contributed by atoms with Crippen LogP contribution in [0.25, 0.3) is 0 Å². The van der Waals surface area contributed by atoms with Gasteiger partial charge < -0.3 is 26.4 Å². The first-order chi connectivity index (χ1) is 18.9. The van der Waals surface area contributed by atoms with Gasteiger partial charge in [-0.25, -0.2) is 9.97 Å². The molecule has 1 amide bonds. The average Bonchev–Trinajstić information content (AvgIpc) is 2.95. The van der Waals surface area contributed by atoms with Crippen molar-refractivity contribution < 1.29 is 9.90 Å². The Labute approximate surface area is 236 Å². The highest BCUT2D eigenvalue weighted by molar-refractivity contribution is 7.99. The number of nitrogens with zero attached hydrogens (tertiary/aromatic N) is 4. The van der Waals surface area contributed by atoms with Crippen molar-refractivity contribution in [1.29, 1.82) is 0 Å². The highest BCUT2D eigenvalue weighted by Crippen LogP contribution is 2.30. The number of benzene rings is 1. The van der Waals surface area contributed by atoms with Crippen LogP contribution in [-0.4, -0.2) is 81.8 Å². The Hall–Kier alpha value is -2.56. The Morgan fingerprint density at radius 2 is 1.77 bits per heavy atom. The predicted octanol–water partition coefficient (Wildman–Crippen LogP) is 3.92. The number of aliphatic hydroxyl groups is 1. The lowest BCUT2D eigenvalue weighted by Crippen LogP contribution is -2.51. The number of piperazine rings is 1. The number of nitrogens with two attached hydrogens (primary N) is 1. The fourth-order valence-electron chi connectivity index (χ4n) is 6.11. The maximum atomic E-state index is 12.3. The van der Waals surface area contributed by atoms with E-state index in [9.17, 15) is 9.90 Å². The molecule has 0 unspecified atom stereocenters. The number of hydrogen-bond donors (Lipinski definition) is 4. The third-order valence-electron chi connectivity index (χ3n) is 8.40. The Balaban J connectivity index is 1.29. The van der Waals surface area contributed by atoms with Crippen molar-refractivity contribution in [3.8, 4) is 0 Å². The number of hydrogen-bond acceptors (Lipinski definition) is 9. The topological polar surface area (TPSA) is 120 Å². The maximum Gasteiger partial charge on any atom is 0.271 e. The van der Waals surface area contributed by atoms with Gasteiger partial charge in [0, 0.05) is 49.6 Å². The molecule has 3 aliphatic rings. The number of aliphatic hydroxyl groups excluding tert-OH is 1. The quantitative estimate of drug-likeness (QED) is 0.386. The van der Waals surface area contributed by atoms with Gasteiger partial charge in [-0.1, -0.05) is 6.92 Å². The number of aromatic nitrogens is 2. The molecule has 1 aliphatic carbocycles. The van der Waals surface area contributed by atoms with E-state index < -0.39 is 5.91 Å². The molecular weight excluding hydrogens is 510 g/mol. The van der Waals surface area contributed by atoms with Crippen molar-refractivity contribution in [2.45, 2.75) is 77.0 Å². The Morgan fingerprint density at radius 1 is 1.05 bits per heavy atom. The number of nitrogens with one attached hydrogen (secondary N) is 2. The minimum atomic E-state index is -0.602. The summed E-state index contributed by atoms with van der Waals surface area (Å²) in [4.78, 5) is 26.9. The molecule has 10 heteroatoms. The molecule has 5 rings (SSSR count). The van der Waals surface area contributed by atoms with Crippen LogP contribution in [-0.2, 0) is 6.42 Å². The van der Waals surface area contributed by atoms with Crippen molar-refractivity contribution in [2.75, 3.05) is 53.2 Å². The minimum Gasteiger partial charge on any atom is -0.393 e. The Kier molecular flexibility index (Phi) is 9.14. The fourth-order valence-corrected chi connectivity index (χ4v) is 7.19. The minimum absolute atomic E-state index is 0.149. The van der Waals surface area contributed by atoms with Gasteiger partial charge in [0.05, 0.1) is 11.8 Å². The number of aryl methyl sites for hydroxylation is 2. The van der Waals surface area contributed by atoms with Crippen LogP contribution in [0.15, 0.2) is 18.2 Å². The lowest BCUT2D eigenvalue weighted by Gasteiger charge is -2.41. The monoisotopic (exact) mass is 553 g/mol. The van der Waals surface area contributed by atoms with Gasteiger partial charge in [-0.2, -0.15) is 11.8 Å². The molecule has 39 heavy (non-hydrogen) atoms. The summed E-state index contributed by atoms with van der Waals surface area (Å²) in [5, 5.41) is 16.7. The third-order valence-corrected chi connectivity index (χ3v) is 9.44. The average molecular weight is 554 g/mol. The van der Waals surface area contributed by atoms with E-state index in [0.717, 1.165) is 69.3 Å². The van der Waals surface area contributed by atoms with Crippen LogP contribution < -0.4 is 21.3 Å². The number of rotatable bonds is 8. The van der Waals surface area contributed by atoms with Gasteiger partial charge in [-0.3, -0.25) is 9.69 Å². The molecule has 0 atom stereocenters. The van der Waals surface area contributed by atoms with Crippen LogP contribution in [0, 0.1) is 6.92 Å². The van der Waals surface area contributed by atoms with Crippen LogP contribution in [0.3, 0.4) is 0 Å². The van der Waals surface area contributed by atoms with E-state index in [4.69, 9.17) is 10.7 Å². The second-order valence-electron chi connectivity index (χ2n) is 11.1. The number of amides is 1. The standard InChI is InChI=1S/C29H43N7O2S/c1-3-24-28(31-20-4-7-23(37)8-5-20)34-29(26(33-24)27(30)38)32-21-6-9-25(19(2)18-21)36-14-12-35(13-15-36)22-10-16-39-17-11-22/h6,9,18,20,22-23,37H,3-5,7-8,10-17H2,1-2H3,(H2,30,38)(H2,31,32,34)/t20-,23-. The van der Waals surface area contributed by atoms with E-state index >= 15 is 0 Å². The Bertz CT molecular complexity index is 1140. The van der Waals surface area contributed by atoms with Crippen LogP contribution in [0.2, 0.25) is 0 Å². The molecule has 9 nitrogen and oxygen atoms in total. The van der Waals surface area contributed by atoms with Gasteiger partial charge in [-0.05, 0) is 87.1 Å². The van der Waals surface area contributed by atoms with Gasteiger partial charge in [0.2, 0.25) is 0 Å². The zero-order valence-electron chi connectivity index (χ0n) is 23.3. The van der Waals surface area contributed by atoms with Crippen molar-refractivity contribution in [1.82, 2.24) is 14.9 Å². The first-order valence-electron chi connectivity index (χ1n) is 14.5. The van der Waals surface area contributed by atoms with E-state index in [1.165, 1.54) is 35.6 Å². The van der Waals surface area contributed by atoms with Crippen molar-refractivity contribution >= 4 is 40.7 Å². The largest absolute Gasteiger partial charge is 0.393 e. The highest BCUT2D eigenvalue weighted by atomic mass is 32.2. The lowest BCUT2D eigenvalue weighted by atomic mass is 9.93. The van der Waals surface area contributed by atoms with E-state index in [0.29, 0.717) is 18.1 Å². The zero-order chi connectivity index (χ0) is 27.4. The van der Waals surface area contributed by atoms with E-state index in [-0.39, 0.29) is 17.8 Å². The molecule has 5 N–H and O–H groups in total. The number of carbonyl (C=O) groups is 1. The maximum absolute atomic E-state index is 12.3. The molecule has 0 radical (unpaired) electrons. The summed E-state index contributed by atoms with van der Waals surface area (Å²) in [5.74, 6) is 3.03. The molecule has 0 bridgehead atoms. The molecule has 3 fully saturated rings. The number of carbonyl (C=O) groups excluding carboxylic acids is 1. The van der Waals surface area contributed by atoms with Crippen LogP contribution in [0.5, 0.6) is 0 Å².